The molecule has 0 spiro atoms. The summed E-state index contributed by atoms with van der Waals surface area (Å²) < 4.78 is 27.5. The smallest absolute Gasteiger partial charge is 0.249 e. The Morgan fingerprint density at radius 2 is 1.61 bits per heavy atom. The predicted octanol–water partition coefficient (Wildman–Crippen LogP) is 6.44. The highest BCUT2D eigenvalue weighted by Gasteiger charge is 2.51. The molecule has 6 nitrogen and oxygen atoms in total. The number of halogens is 4. The molecule has 2 aromatic rings. The van der Waals surface area contributed by atoms with Crippen LogP contribution >= 0.6 is 23.2 Å². The maximum Gasteiger partial charge on any atom is 0.249 e. The summed E-state index contributed by atoms with van der Waals surface area (Å²) in [5, 5.41) is 1.15. The van der Waals surface area contributed by atoms with Gasteiger partial charge in [0.2, 0.25) is 17.7 Å². The number of nitrogens with zero attached hydrogens (tertiary/aromatic N) is 4. The fraction of sp³-hybridized carbons (Fsp3) is 0.581. The van der Waals surface area contributed by atoms with Gasteiger partial charge in [-0.25, -0.2) is 8.78 Å². The van der Waals surface area contributed by atoms with Crippen LogP contribution in [0, 0.1) is 11.8 Å². The van der Waals surface area contributed by atoms with Crippen molar-refractivity contribution in [2.75, 3.05) is 32.7 Å². The van der Waals surface area contributed by atoms with Crippen LogP contribution in [0.1, 0.15) is 69.7 Å². The lowest BCUT2D eigenvalue weighted by Gasteiger charge is -2.42. The highest BCUT2D eigenvalue weighted by Crippen LogP contribution is 2.45. The molecular formula is C31H38Cl2F2N4O2. The van der Waals surface area contributed by atoms with Crippen molar-refractivity contribution in [3.63, 3.8) is 0 Å². The zero-order valence-electron chi connectivity index (χ0n) is 23.8. The molecule has 2 amide bonds. The molecule has 1 saturated carbocycles. The van der Waals surface area contributed by atoms with E-state index in [9.17, 15) is 18.4 Å². The van der Waals surface area contributed by atoms with Gasteiger partial charge in [-0.3, -0.25) is 19.5 Å². The van der Waals surface area contributed by atoms with E-state index in [1.54, 1.807) is 23.2 Å². The number of amides is 2. The van der Waals surface area contributed by atoms with Gasteiger partial charge in [-0.15, -0.1) is 0 Å². The average molecular weight is 608 g/mol. The van der Waals surface area contributed by atoms with E-state index in [2.05, 4.69) is 30.7 Å². The molecular weight excluding hydrogens is 569 g/mol. The highest BCUT2D eigenvalue weighted by atomic mass is 35.5. The van der Waals surface area contributed by atoms with Gasteiger partial charge >= 0.3 is 0 Å². The van der Waals surface area contributed by atoms with E-state index in [4.69, 9.17) is 23.2 Å². The number of benzene rings is 1. The molecule has 1 aliphatic carbocycles. The first kappa shape index (κ1) is 30.2. The molecule has 2 saturated heterocycles. The Morgan fingerprint density at radius 1 is 0.927 bits per heavy atom. The van der Waals surface area contributed by atoms with E-state index in [1.807, 2.05) is 29.2 Å². The van der Waals surface area contributed by atoms with Crippen molar-refractivity contribution in [3.05, 3.63) is 63.9 Å². The van der Waals surface area contributed by atoms with Crippen LogP contribution in [0.15, 0.2) is 42.6 Å². The number of rotatable bonds is 4. The van der Waals surface area contributed by atoms with Crippen molar-refractivity contribution in [3.8, 4) is 0 Å². The number of hydrogen-bond acceptors (Lipinski definition) is 4. The Bertz CT molecular complexity index is 1240. The van der Waals surface area contributed by atoms with E-state index in [0.717, 1.165) is 11.3 Å². The molecule has 3 heterocycles. The molecule has 1 aromatic carbocycles. The summed E-state index contributed by atoms with van der Waals surface area (Å²) in [4.78, 5) is 38.2. The summed E-state index contributed by atoms with van der Waals surface area (Å²) in [6.45, 7) is 8.97. The van der Waals surface area contributed by atoms with Crippen molar-refractivity contribution in [2.45, 2.75) is 69.9 Å². The number of carbonyl (C=O) groups is 2. The Morgan fingerprint density at radius 3 is 2.22 bits per heavy atom. The Labute approximate surface area is 251 Å². The molecule has 3 unspecified atom stereocenters. The molecule has 3 atom stereocenters. The van der Waals surface area contributed by atoms with Gasteiger partial charge in [0.15, 0.2) is 0 Å². The number of hydrogen-bond donors (Lipinski definition) is 0. The van der Waals surface area contributed by atoms with Gasteiger partial charge < -0.3 is 9.80 Å². The number of alkyl halides is 2. The molecule has 1 aromatic heterocycles. The second-order valence-corrected chi connectivity index (χ2v) is 13.6. The minimum atomic E-state index is -2.78. The molecule has 3 fully saturated rings. The zero-order valence-corrected chi connectivity index (χ0v) is 25.3. The summed E-state index contributed by atoms with van der Waals surface area (Å²) in [6, 6.07) is 10.8. The van der Waals surface area contributed by atoms with Crippen LogP contribution in [0.2, 0.25) is 10.0 Å². The molecule has 0 radical (unpaired) electrons. The van der Waals surface area contributed by atoms with Gasteiger partial charge in [0.1, 0.15) is 0 Å². The van der Waals surface area contributed by atoms with Crippen LogP contribution < -0.4 is 0 Å². The monoisotopic (exact) mass is 606 g/mol. The van der Waals surface area contributed by atoms with Crippen molar-refractivity contribution >= 4 is 35.0 Å². The quantitative estimate of drug-likeness (QED) is 0.402. The fourth-order valence-corrected chi connectivity index (χ4v) is 6.69. The minimum absolute atomic E-state index is 0.0472. The van der Waals surface area contributed by atoms with Gasteiger partial charge in [0.25, 0.3) is 0 Å². The van der Waals surface area contributed by atoms with Gasteiger partial charge in [-0.1, -0.05) is 35.3 Å². The van der Waals surface area contributed by atoms with Crippen LogP contribution in [-0.4, -0.2) is 75.7 Å². The lowest BCUT2D eigenvalue weighted by molar-refractivity contribution is -0.163. The van der Waals surface area contributed by atoms with E-state index in [1.165, 1.54) is 0 Å². The van der Waals surface area contributed by atoms with Gasteiger partial charge in [0.05, 0.1) is 17.0 Å². The van der Waals surface area contributed by atoms with Gasteiger partial charge in [-0.05, 0) is 63.4 Å². The summed E-state index contributed by atoms with van der Waals surface area (Å²) in [5.74, 6) is -4.06. The first-order valence-corrected chi connectivity index (χ1v) is 15.2. The average Bonchev–Trinajstić information content (AvgIpc) is 3.34. The molecule has 0 N–H and O–H groups in total. The zero-order chi connectivity index (χ0) is 29.5. The lowest BCUT2D eigenvalue weighted by atomic mass is 9.79. The third-order valence-corrected chi connectivity index (χ3v) is 9.37. The maximum atomic E-state index is 14.2. The number of aromatic nitrogens is 1. The van der Waals surface area contributed by atoms with Crippen LogP contribution in [0.3, 0.4) is 0 Å². The Hall–Kier alpha value is -2.29. The molecule has 0 bridgehead atoms. The molecule has 5 rings (SSSR count). The standard InChI is InChI=1S/C31H38Cl2F2N4O2/c1-30(2,3)38-18-24(26-11-10-23(33)17-36-26)25(19-38)29(41)37-12-4-5-27(20-6-8-22(32)9-7-20)39(14-13-37)28(40)21-15-31(34,35)16-21/h6-11,17,21,24-25,27H,4-5,12-16,18-19H2,1-3H3. The second kappa shape index (κ2) is 11.8. The Kier molecular flexibility index (Phi) is 8.66. The third kappa shape index (κ3) is 6.70. The predicted molar refractivity (Wildman–Crippen MR) is 156 cm³/mol. The first-order valence-electron chi connectivity index (χ1n) is 14.4. The number of likely N-dealkylation sites (tertiary alicyclic amines) is 1. The lowest BCUT2D eigenvalue weighted by Crippen LogP contribution is -2.52. The van der Waals surface area contributed by atoms with Crippen molar-refractivity contribution in [2.24, 2.45) is 11.8 Å². The maximum absolute atomic E-state index is 14.2. The van der Waals surface area contributed by atoms with Crippen LogP contribution in [0.25, 0.3) is 0 Å². The minimum Gasteiger partial charge on any atom is -0.341 e. The van der Waals surface area contributed by atoms with Gasteiger partial charge in [0, 0.05) is 79.9 Å². The normalized spacial score (nSPS) is 25.9. The molecule has 41 heavy (non-hydrogen) atoms. The summed E-state index contributed by atoms with van der Waals surface area (Å²) in [7, 11) is 0. The largest absolute Gasteiger partial charge is 0.341 e. The SMILES string of the molecule is CC(C)(C)N1CC(C(=O)N2CCCC(c3ccc(Cl)cc3)N(C(=O)C3CC(F)(F)C3)CC2)C(c2ccc(Cl)cn2)C1. The number of pyridine rings is 1. The van der Waals surface area contributed by atoms with E-state index < -0.39 is 24.7 Å². The first-order chi connectivity index (χ1) is 19.3. The fourth-order valence-electron chi connectivity index (χ4n) is 6.46. The van der Waals surface area contributed by atoms with Crippen molar-refractivity contribution in [1.29, 1.82) is 0 Å². The van der Waals surface area contributed by atoms with Crippen LogP contribution in [0.4, 0.5) is 8.78 Å². The molecule has 222 valence electrons. The Balaban J connectivity index is 1.37. The highest BCUT2D eigenvalue weighted by molar-refractivity contribution is 6.30. The van der Waals surface area contributed by atoms with E-state index in [0.29, 0.717) is 55.6 Å². The van der Waals surface area contributed by atoms with Crippen molar-refractivity contribution < 1.29 is 18.4 Å². The van der Waals surface area contributed by atoms with Gasteiger partial charge in [-0.2, -0.15) is 0 Å². The summed E-state index contributed by atoms with van der Waals surface area (Å²) >= 11 is 12.2. The van der Waals surface area contributed by atoms with Crippen LogP contribution in [0.5, 0.6) is 0 Å². The van der Waals surface area contributed by atoms with Crippen molar-refractivity contribution in [1.82, 2.24) is 19.7 Å². The molecule has 2 aliphatic heterocycles. The summed E-state index contributed by atoms with van der Waals surface area (Å²) in [5.41, 5.74) is 1.66. The van der Waals surface area contributed by atoms with E-state index >= 15 is 0 Å². The molecule has 10 heteroatoms. The second-order valence-electron chi connectivity index (χ2n) is 12.7. The summed E-state index contributed by atoms with van der Waals surface area (Å²) in [6.07, 6.45) is 2.10. The third-order valence-electron chi connectivity index (χ3n) is 8.90. The topological polar surface area (TPSA) is 56.8 Å². The van der Waals surface area contributed by atoms with E-state index in [-0.39, 0.29) is 35.2 Å². The number of carbonyl (C=O) groups excluding carboxylic acids is 2. The van der Waals surface area contributed by atoms with Crippen LogP contribution in [-0.2, 0) is 9.59 Å². The molecule has 3 aliphatic rings.